The predicted molar refractivity (Wildman–Crippen MR) is 113 cm³/mol. The van der Waals surface area contributed by atoms with Gasteiger partial charge >= 0.3 is 0 Å². The molecule has 5 heteroatoms. The monoisotopic (exact) mass is 400 g/mol. The molecule has 26 heavy (non-hydrogen) atoms. The molecule has 3 aromatic carbocycles. The van der Waals surface area contributed by atoms with Crippen LogP contribution in [0, 0.1) is 0 Å². The Morgan fingerprint density at radius 3 is 2.04 bits per heavy atom. The Morgan fingerprint density at radius 2 is 1.38 bits per heavy atom. The van der Waals surface area contributed by atoms with Gasteiger partial charge in [-0.05, 0) is 22.8 Å². The minimum absolute atomic E-state index is 0.648. The number of hydrogen-bond acceptors (Lipinski definition) is 4. The minimum Gasteiger partial charge on any atom is -0.228 e. The zero-order valence-corrected chi connectivity index (χ0v) is 16.9. The van der Waals surface area contributed by atoms with E-state index in [2.05, 4.69) is 12.1 Å². The lowest BCUT2D eigenvalue weighted by molar-refractivity contribution is 0.594. The van der Waals surface area contributed by atoms with Gasteiger partial charge in [0, 0.05) is 16.9 Å². The molecule has 0 aliphatic carbocycles. The predicted octanol–water partition coefficient (Wildman–Crippen LogP) is 5.76. The average Bonchev–Trinajstić information content (AvgIpc) is 2.64. The molecule has 0 aliphatic rings. The summed E-state index contributed by atoms with van der Waals surface area (Å²) in [7, 11) is 0.0586. The number of hydrogen-bond donors (Lipinski definition) is 0. The van der Waals surface area contributed by atoms with Crippen molar-refractivity contribution in [1.29, 1.82) is 0 Å². The zero-order valence-electron chi connectivity index (χ0n) is 14.4. The molecule has 0 aliphatic heterocycles. The third-order valence-electron chi connectivity index (χ3n) is 3.95. The summed E-state index contributed by atoms with van der Waals surface area (Å²) in [5.41, 5.74) is 2.90. The first-order valence-electron chi connectivity index (χ1n) is 8.22. The highest BCUT2D eigenvalue weighted by molar-refractivity contribution is 8.76. The van der Waals surface area contributed by atoms with Crippen LogP contribution in [0.5, 0.6) is 0 Å². The summed E-state index contributed by atoms with van der Waals surface area (Å²) in [5.74, 6) is 0.870. The van der Waals surface area contributed by atoms with Crippen LogP contribution in [0.4, 0.5) is 0 Å². The molecule has 0 saturated heterocycles. The molecule has 3 aromatic rings. The van der Waals surface area contributed by atoms with Crippen LogP contribution in [0.1, 0.15) is 21.9 Å². The normalized spacial score (nSPS) is 12.7. The second kappa shape index (κ2) is 8.80. The summed E-state index contributed by atoms with van der Waals surface area (Å²) >= 11 is 0. The van der Waals surface area contributed by atoms with E-state index < -0.39 is 15.1 Å². The van der Waals surface area contributed by atoms with E-state index in [4.69, 9.17) is 0 Å². The summed E-state index contributed by atoms with van der Waals surface area (Å²) in [5, 5.41) is -0.648. The molecule has 1 atom stereocenters. The van der Waals surface area contributed by atoms with Gasteiger partial charge < -0.3 is 0 Å². The van der Waals surface area contributed by atoms with Crippen LogP contribution in [0.3, 0.4) is 0 Å². The molecule has 0 N–H and O–H groups in total. The van der Waals surface area contributed by atoms with Crippen LogP contribution in [0.2, 0.25) is 0 Å². The maximum absolute atomic E-state index is 12.6. The van der Waals surface area contributed by atoms with E-state index in [0.29, 0.717) is 0 Å². The van der Waals surface area contributed by atoms with Crippen molar-refractivity contribution in [1.82, 2.24) is 0 Å². The van der Waals surface area contributed by atoms with Crippen LogP contribution >= 0.6 is 21.6 Å². The molecular formula is C21H20O2S3. The Morgan fingerprint density at radius 1 is 0.808 bits per heavy atom. The molecule has 0 bridgehead atoms. The fourth-order valence-electron chi connectivity index (χ4n) is 2.79. The van der Waals surface area contributed by atoms with Gasteiger partial charge in [0.25, 0.3) is 0 Å². The molecule has 3 rings (SSSR count). The molecule has 134 valence electrons. The maximum Gasteiger partial charge on any atom is 0.158 e. The van der Waals surface area contributed by atoms with Gasteiger partial charge in [0.05, 0.1) is 0 Å². The standard InChI is InChI=1S/C21H20O2S3/c1-26(22,23)21(18-12-6-3-7-13-18)19-14-8-9-15-20(19)25-24-16-17-10-4-2-5-11-17/h2-15,21H,16H2,1H3. The number of sulfone groups is 1. The van der Waals surface area contributed by atoms with Crippen molar-refractivity contribution in [2.75, 3.05) is 6.26 Å². The van der Waals surface area contributed by atoms with Gasteiger partial charge in [-0.15, -0.1) is 0 Å². The third-order valence-corrected chi connectivity index (χ3v) is 7.70. The molecule has 0 saturated carbocycles. The molecule has 0 spiro atoms. The fourth-order valence-corrected chi connectivity index (χ4v) is 6.54. The molecular weight excluding hydrogens is 380 g/mol. The van der Waals surface area contributed by atoms with E-state index in [-0.39, 0.29) is 0 Å². The van der Waals surface area contributed by atoms with Gasteiger partial charge in [-0.3, -0.25) is 0 Å². The van der Waals surface area contributed by atoms with Gasteiger partial charge in [0.2, 0.25) is 0 Å². The van der Waals surface area contributed by atoms with E-state index in [1.807, 2.05) is 72.8 Å². The van der Waals surface area contributed by atoms with Crippen molar-refractivity contribution < 1.29 is 8.42 Å². The fraction of sp³-hybridized carbons (Fsp3) is 0.143. The van der Waals surface area contributed by atoms with E-state index >= 15 is 0 Å². The summed E-state index contributed by atoms with van der Waals surface area (Å²) in [4.78, 5) is 0.993. The van der Waals surface area contributed by atoms with Crippen LogP contribution in [0.25, 0.3) is 0 Å². The summed E-state index contributed by atoms with van der Waals surface area (Å²) in [6.07, 6.45) is 1.31. The Bertz CT molecular complexity index is 939. The lowest BCUT2D eigenvalue weighted by Gasteiger charge is -2.19. The van der Waals surface area contributed by atoms with Crippen molar-refractivity contribution in [2.45, 2.75) is 15.9 Å². The van der Waals surface area contributed by atoms with E-state index in [1.165, 1.54) is 11.8 Å². The highest BCUT2D eigenvalue weighted by atomic mass is 33.1. The lowest BCUT2D eigenvalue weighted by atomic mass is 10.0. The minimum atomic E-state index is -3.29. The Balaban J connectivity index is 1.87. The molecule has 0 fully saturated rings. The van der Waals surface area contributed by atoms with E-state index in [9.17, 15) is 8.42 Å². The van der Waals surface area contributed by atoms with Gasteiger partial charge in [-0.2, -0.15) is 0 Å². The Labute approximate surface area is 163 Å². The first kappa shape index (κ1) is 19.1. The van der Waals surface area contributed by atoms with E-state index in [1.54, 1.807) is 21.6 Å². The van der Waals surface area contributed by atoms with Gasteiger partial charge in [-0.25, -0.2) is 8.42 Å². The van der Waals surface area contributed by atoms with Crippen molar-refractivity contribution in [3.05, 3.63) is 102 Å². The topological polar surface area (TPSA) is 34.1 Å². The van der Waals surface area contributed by atoms with E-state index in [0.717, 1.165) is 21.8 Å². The molecule has 0 radical (unpaired) electrons. The van der Waals surface area contributed by atoms with Crippen LogP contribution in [-0.4, -0.2) is 14.7 Å². The van der Waals surface area contributed by atoms with Crippen LogP contribution < -0.4 is 0 Å². The first-order chi connectivity index (χ1) is 12.6. The third kappa shape index (κ3) is 4.93. The Kier molecular flexibility index (Phi) is 6.46. The van der Waals surface area contributed by atoms with Gasteiger partial charge in [0.15, 0.2) is 9.84 Å². The molecule has 2 nitrogen and oxygen atoms in total. The van der Waals surface area contributed by atoms with Crippen molar-refractivity contribution in [3.8, 4) is 0 Å². The molecule has 0 heterocycles. The zero-order chi connectivity index (χ0) is 18.4. The highest BCUT2D eigenvalue weighted by Crippen LogP contribution is 2.41. The Hall–Kier alpha value is -1.69. The number of benzene rings is 3. The average molecular weight is 401 g/mol. The number of rotatable bonds is 7. The lowest BCUT2D eigenvalue weighted by Crippen LogP contribution is -2.13. The summed E-state index contributed by atoms with van der Waals surface area (Å²) in [6.45, 7) is 0. The van der Waals surface area contributed by atoms with Gasteiger partial charge in [0.1, 0.15) is 5.25 Å². The van der Waals surface area contributed by atoms with Crippen LogP contribution in [-0.2, 0) is 15.6 Å². The van der Waals surface area contributed by atoms with Gasteiger partial charge in [-0.1, -0.05) is 100 Å². The molecule has 0 aromatic heterocycles. The highest BCUT2D eigenvalue weighted by Gasteiger charge is 2.27. The van der Waals surface area contributed by atoms with Crippen molar-refractivity contribution in [3.63, 3.8) is 0 Å². The summed E-state index contributed by atoms with van der Waals surface area (Å²) < 4.78 is 25.1. The second-order valence-corrected chi connectivity index (χ2v) is 10.5. The molecule has 1 unspecified atom stereocenters. The smallest absolute Gasteiger partial charge is 0.158 e. The second-order valence-electron chi connectivity index (χ2n) is 5.99. The maximum atomic E-state index is 12.6. The van der Waals surface area contributed by atoms with Crippen molar-refractivity contribution >= 4 is 31.4 Å². The quantitative estimate of drug-likeness (QED) is 0.472. The summed E-state index contributed by atoms with van der Waals surface area (Å²) in [6, 6.07) is 27.5. The first-order valence-corrected chi connectivity index (χ1v) is 12.5. The molecule has 0 amide bonds. The van der Waals surface area contributed by atoms with Crippen molar-refractivity contribution in [2.24, 2.45) is 0 Å². The SMILES string of the molecule is CS(=O)(=O)C(c1ccccc1)c1ccccc1SSCc1ccccc1. The largest absolute Gasteiger partial charge is 0.228 e. The van der Waals surface area contributed by atoms with Crippen LogP contribution in [0.15, 0.2) is 89.8 Å².